The molecule has 3 aromatic carbocycles. The lowest BCUT2D eigenvalue weighted by molar-refractivity contribution is 0.404. The summed E-state index contributed by atoms with van der Waals surface area (Å²) in [5, 5.41) is 9.10. The fourth-order valence-electron chi connectivity index (χ4n) is 7.02. The molecule has 1 aromatic heterocycles. The van der Waals surface area contributed by atoms with Crippen molar-refractivity contribution in [3.8, 4) is 0 Å². The molecule has 0 amide bonds. The van der Waals surface area contributed by atoms with E-state index in [0.717, 1.165) is 35.0 Å². The number of fused-ring (bicyclic) bond motifs is 1. The molecule has 47 heavy (non-hydrogen) atoms. The summed E-state index contributed by atoms with van der Waals surface area (Å²) in [5.41, 5.74) is 13.1. The average molecular weight is 637 g/mol. The molecule has 256 valence electrons. The summed E-state index contributed by atoms with van der Waals surface area (Å²) in [5.74, 6) is 0. The lowest BCUT2D eigenvalue weighted by Crippen LogP contribution is -2.46. The first-order valence-corrected chi connectivity index (χ1v) is 19.5. The lowest BCUT2D eigenvalue weighted by atomic mass is 9.89. The van der Waals surface area contributed by atoms with Crippen LogP contribution >= 0.6 is 0 Å². The van der Waals surface area contributed by atoms with Gasteiger partial charge < -0.3 is 0 Å². The van der Waals surface area contributed by atoms with Crippen molar-refractivity contribution in [2.45, 2.75) is 161 Å². The molecule has 0 fully saturated rings. The van der Waals surface area contributed by atoms with Gasteiger partial charge in [0.1, 0.15) is 5.52 Å². The highest BCUT2D eigenvalue weighted by Gasteiger charge is 2.34. The van der Waals surface area contributed by atoms with Gasteiger partial charge in [0.15, 0.2) is 5.66 Å². The largest absolute Gasteiger partial charge is 0.299 e. The summed E-state index contributed by atoms with van der Waals surface area (Å²) >= 11 is 0. The summed E-state index contributed by atoms with van der Waals surface area (Å²) < 4.78 is 1.91. The molecule has 4 aromatic rings. The van der Waals surface area contributed by atoms with Gasteiger partial charge in [-0.25, -0.2) is 4.68 Å². The van der Waals surface area contributed by atoms with Crippen LogP contribution in [0.3, 0.4) is 0 Å². The van der Waals surface area contributed by atoms with Gasteiger partial charge in [-0.2, -0.15) is 0 Å². The Balaban J connectivity index is 1.33. The molecular formula is C43H64N4. The minimum Gasteiger partial charge on any atom is -0.299 e. The number of benzene rings is 3. The first kappa shape index (κ1) is 36.8. The summed E-state index contributed by atoms with van der Waals surface area (Å²) in [6, 6.07) is 26.0. The van der Waals surface area contributed by atoms with Crippen LogP contribution in [0.1, 0.15) is 165 Å². The lowest BCUT2D eigenvalue weighted by Gasteiger charge is -2.31. The molecule has 0 saturated carbocycles. The summed E-state index contributed by atoms with van der Waals surface area (Å²) in [7, 11) is 0. The van der Waals surface area contributed by atoms with Crippen LogP contribution in [0.4, 0.5) is 0 Å². The Hall–Kier alpha value is -2.98. The first-order chi connectivity index (χ1) is 23.2. The number of rotatable bonds is 25. The molecule has 4 nitrogen and oxygen atoms in total. The van der Waals surface area contributed by atoms with Crippen LogP contribution in [0.25, 0.3) is 11.0 Å². The van der Waals surface area contributed by atoms with E-state index in [1.165, 1.54) is 140 Å². The van der Waals surface area contributed by atoms with Gasteiger partial charge in [0.05, 0.1) is 5.52 Å². The van der Waals surface area contributed by atoms with Crippen molar-refractivity contribution >= 4 is 11.0 Å². The van der Waals surface area contributed by atoms with Gasteiger partial charge in [0.2, 0.25) is 0 Å². The van der Waals surface area contributed by atoms with Crippen molar-refractivity contribution in [1.82, 2.24) is 15.0 Å². The zero-order valence-electron chi connectivity index (χ0n) is 29.9. The number of hydrogen-bond acceptors (Lipinski definition) is 3. The Morgan fingerprint density at radius 1 is 0.489 bits per heavy atom. The second kappa shape index (κ2) is 21.1. The maximum absolute atomic E-state index is 7.45. The third-order valence-corrected chi connectivity index (χ3v) is 10.1. The Bertz CT molecular complexity index is 1300. The van der Waals surface area contributed by atoms with Gasteiger partial charge in [0.25, 0.3) is 0 Å². The quantitative estimate of drug-likeness (QED) is 0.0736. The number of aromatic nitrogens is 3. The first-order valence-electron chi connectivity index (χ1n) is 19.5. The van der Waals surface area contributed by atoms with E-state index in [-0.39, 0.29) is 0 Å². The van der Waals surface area contributed by atoms with Gasteiger partial charge in [-0.05, 0) is 60.1 Å². The SMILES string of the molecule is CCCCCCCCCCCCc1ccc(C(N)(c2ccc(CCCCCCCCCCCC)cc2)n2nnc3ccccc32)cc1. The van der Waals surface area contributed by atoms with E-state index in [9.17, 15) is 0 Å². The fraction of sp³-hybridized carbons (Fsp3) is 0.581. The van der Waals surface area contributed by atoms with Crippen LogP contribution < -0.4 is 5.73 Å². The Morgan fingerprint density at radius 2 is 0.872 bits per heavy atom. The van der Waals surface area contributed by atoms with Crippen molar-refractivity contribution in [2.24, 2.45) is 5.73 Å². The van der Waals surface area contributed by atoms with E-state index in [1.54, 1.807) is 0 Å². The van der Waals surface area contributed by atoms with Crippen LogP contribution in [0, 0.1) is 0 Å². The van der Waals surface area contributed by atoms with Crippen LogP contribution in [-0.4, -0.2) is 15.0 Å². The van der Waals surface area contributed by atoms with Gasteiger partial charge in [0, 0.05) is 0 Å². The molecular weight excluding hydrogens is 573 g/mol. The second-order valence-electron chi connectivity index (χ2n) is 14.0. The number of para-hydroxylation sites is 1. The highest BCUT2D eigenvalue weighted by Crippen LogP contribution is 2.32. The summed E-state index contributed by atoms with van der Waals surface area (Å²) in [4.78, 5) is 0. The minimum absolute atomic E-state index is 0.859. The smallest absolute Gasteiger partial charge is 0.164 e. The van der Waals surface area contributed by atoms with E-state index in [4.69, 9.17) is 5.73 Å². The second-order valence-corrected chi connectivity index (χ2v) is 14.0. The van der Waals surface area contributed by atoms with Crippen LogP contribution in [0.2, 0.25) is 0 Å². The van der Waals surface area contributed by atoms with E-state index < -0.39 is 5.66 Å². The van der Waals surface area contributed by atoms with Crippen LogP contribution in [0.5, 0.6) is 0 Å². The maximum atomic E-state index is 7.45. The molecule has 0 saturated heterocycles. The Morgan fingerprint density at radius 3 is 1.30 bits per heavy atom. The van der Waals surface area contributed by atoms with Crippen LogP contribution in [0.15, 0.2) is 72.8 Å². The van der Waals surface area contributed by atoms with Gasteiger partial charge >= 0.3 is 0 Å². The molecule has 0 aliphatic heterocycles. The van der Waals surface area contributed by atoms with Crippen molar-refractivity contribution in [3.05, 3.63) is 95.1 Å². The molecule has 0 atom stereocenters. The average Bonchev–Trinajstić information content (AvgIpc) is 3.55. The van der Waals surface area contributed by atoms with E-state index >= 15 is 0 Å². The number of nitrogens with zero attached hydrogens (tertiary/aromatic N) is 3. The van der Waals surface area contributed by atoms with E-state index in [0.29, 0.717) is 0 Å². The van der Waals surface area contributed by atoms with E-state index in [2.05, 4.69) is 78.8 Å². The molecule has 0 unspecified atom stereocenters. The van der Waals surface area contributed by atoms with Crippen molar-refractivity contribution in [1.29, 1.82) is 0 Å². The van der Waals surface area contributed by atoms with E-state index in [1.807, 2.05) is 22.9 Å². The molecule has 0 bridgehead atoms. The van der Waals surface area contributed by atoms with Crippen molar-refractivity contribution < 1.29 is 0 Å². The summed E-state index contributed by atoms with van der Waals surface area (Å²) in [6.45, 7) is 4.58. The van der Waals surface area contributed by atoms with Crippen LogP contribution in [-0.2, 0) is 18.5 Å². The summed E-state index contributed by atoms with van der Waals surface area (Å²) in [6.07, 6.45) is 29.5. The highest BCUT2D eigenvalue weighted by atomic mass is 15.5. The molecule has 0 aliphatic rings. The topological polar surface area (TPSA) is 56.7 Å². The molecule has 4 heteroatoms. The van der Waals surface area contributed by atoms with Crippen molar-refractivity contribution in [2.75, 3.05) is 0 Å². The van der Waals surface area contributed by atoms with Gasteiger partial charge in [-0.15, -0.1) is 5.10 Å². The standard InChI is InChI=1S/C43H64N4/c1-3-5-7-9-11-13-15-17-19-21-25-37-29-33-39(34-30-37)43(44,47-42-28-24-23-27-41(42)45-46-47)40-35-31-38(32-36-40)26-22-20-18-16-14-12-10-8-6-4-2/h23-24,27-36H,3-22,25-26,44H2,1-2H3. The third kappa shape index (κ3) is 11.6. The number of aryl methyl sites for hydroxylation is 2. The molecule has 0 radical (unpaired) electrons. The fourth-order valence-corrected chi connectivity index (χ4v) is 7.02. The molecule has 4 rings (SSSR count). The predicted molar refractivity (Wildman–Crippen MR) is 202 cm³/mol. The van der Waals surface area contributed by atoms with Crippen molar-refractivity contribution in [3.63, 3.8) is 0 Å². The minimum atomic E-state index is -0.957. The number of hydrogen-bond donors (Lipinski definition) is 1. The zero-order valence-corrected chi connectivity index (χ0v) is 29.9. The Kier molecular flexibility index (Phi) is 16.5. The zero-order chi connectivity index (χ0) is 33.0. The predicted octanol–water partition coefficient (Wildman–Crippen LogP) is 12.1. The maximum Gasteiger partial charge on any atom is 0.164 e. The Labute approximate surface area is 286 Å². The molecule has 1 heterocycles. The normalized spacial score (nSPS) is 11.9. The molecule has 2 N–H and O–H groups in total. The molecule has 0 spiro atoms. The number of nitrogens with two attached hydrogens (primary N) is 1. The van der Waals surface area contributed by atoms with Gasteiger partial charge in [-0.1, -0.05) is 195 Å². The third-order valence-electron chi connectivity index (χ3n) is 10.1. The highest BCUT2D eigenvalue weighted by molar-refractivity contribution is 5.74. The number of unbranched alkanes of at least 4 members (excludes halogenated alkanes) is 18. The monoisotopic (exact) mass is 637 g/mol. The van der Waals surface area contributed by atoms with Gasteiger partial charge in [-0.3, -0.25) is 5.73 Å². The molecule has 0 aliphatic carbocycles.